The zero-order chi connectivity index (χ0) is 19.3. The van der Waals surface area contributed by atoms with Crippen LogP contribution >= 0.6 is 41.0 Å². The van der Waals surface area contributed by atoms with Crippen molar-refractivity contribution in [3.05, 3.63) is 66.8 Å². The first-order valence-electron chi connectivity index (χ1n) is 7.89. The van der Waals surface area contributed by atoms with Crippen LogP contribution in [-0.4, -0.2) is 29.9 Å². The molecule has 2 aromatic carbocycles. The SMILES string of the molecule is CC(=O)N1C(=O)c2ccccc2I1OI1c2ccccc2C(=O)N1C(C)=O. The Kier molecular flexibility index (Phi) is 4.76. The third-order valence-corrected chi connectivity index (χ3v) is 16.6. The van der Waals surface area contributed by atoms with E-state index >= 15 is 0 Å². The number of rotatable bonds is 2. The Morgan fingerprint density at radius 2 is 1.11 bits per heavy atom. The average molecular weight is 592 g/mol. The van der Waals surface area contributed by atoms with Crippen molar-refractivity contribution in [2.75, 3.05) is 0 Å². The summed E-state index contributed by atoms with van der Waals surface area (Å²) in [5.74, 6) is -1.50. The van der Waals surface area contributed by atoms with Gasteiger partial charge in [0.05, 0.1) is 0 Å². The number of nitrogens with zero attached hydrogens (tertiary/aromatic N) is 2. The molecule has 9 heteroatoms. The third-order valence-electron chi connectivity index (χ3n) is 3.88. The average Bonchev–Trinajstić information content (AvgIpc) is 3.09. The zero-order valence-electron chi connectivity index (χ0n) is 14.3. The number of halogens is 2. The molecule has 140 valence electrons. The van der Waals surface area contributed by atoms with Crippen LogP contribution in [-0.2, 0) is 11.0 Å². The molecular formula is C18H14I2N2O5. The number of amides is 4. The van der Waals surface area contributed by atoms with Crippen LogP contribution in [0.4, 0.5) is 0 Å². The first-order valence-corrected chi connectivity index (χ1v) is 13.7. The van der Waals surface area contributed by atoms with Crippen LogP contribution in [0.15, 0.2) is 48.5 Å². The molecule has 0 N–H and O–H groups in total. The van der Waals surface area contributed by atoms with Crippen molar-refractivity contribution in [1.82, 2.24) is 6.23 Å². The van der Waals surface area contributed by atoms with Gasteiger partial charge < -0.3 is 0 Å². The zero-order valence-corrected chi connectivity index (χ0v) is 18.6. The molecule has 0 bridgehead atoms. The van der Waals surface area contributed by atoms with Gasteiger partial charge in [-0.15, -0.1) is 0 Å². The van der Waals surface area contributed by atoms with Crippen LogP contribution in [0.25, 0.3) is 0 Å². The van der Waals surface area contributed by atoms with Crippen LogP contribution in [0.1, 0.15) is 34.6 Å². The molecule has 7 nitrogen and oxygen atoms in total. The van der Waals surface area contributed by atoms with Gasteiger partial charge in [0.25, 0.3) is 0 Å². The Labute approximate surface area is 171 Å². The predicted octanol–water partition coefficient (Wildman–Crippen LogP) is 3.42. The molecule has 0 unspecified atom stereocenters. The van der Waals surface area contributed by atoms with Crippen LogP contribution in [0.2, 0.25) is 0 Å². The molecule has 2 aliphatic heterocycles. The monoisotopic (exact) mass is 592 g/mol. The second kappa shape index (κ2) is 6.95. The topological polar surface area (TPSA) is 84.0 Å². The van der Waals surface area contributed by atoms with Gasteiger partial charge in [0, 0.05) is 0 Å². The number of fused-ring (bicyclic) bond motifs is 2. The fourth-order valence-electron chi connectivity index (χ4n) is 2.75. The molecule has 0 aromatic heterocycles. The van der Waals surface area contributed by atoms with Crippen molar-refractivity contribution in [2.24, 2.45) is 0 Å². The van der Waals surface area contributed by atoms with Gasteiger partial charge in [-0.05, 0) is 0 Å². The van der Waals surface area contributed by atoms with Crippen molar-refractivity contribution in [3.63, 3.8) is 0 Å². The van der Waals surface area contributed by atoms with Crippen molar-refractivity contribution in [1.29, 1.82) is 0 Å². The molecule has 2 aliphatic rings. The molecule has 0 saturated carbocycles. The van der Waals surface area contributed by atoms with Gasteiger partial charge in [-0.25, -0.2) is 0 Å². The summed E-state index contributed by atoms with van der Waals surface area (Å²) in [4.78, 5) is 49.7. The molecule has 0 spiro atoms. The number of carbonyl (C=O) groups is 4. The molecule has 0 saturated heterocycles. The van der Waals surface area contributed by atoms with E-state index in [-0.39, 0.29) is 23.6 Å². The molecule has 2 heterocycles. The second-order valence-corrected chi connectivity index (χ2v) is 15.1. The molecule has 0 atom stereocenters. The summed E-state index contributed by atoms with van der Waals surface area (Å²) >= 11 is -5.78. The van der Waals surface area contributed by atoms with Gasteiger partial charge in [-0.1, -0.05) is 0 Å². The van der Waals surface area contributed by atoms with Crippen molar-refractivity contribution >= 4 is 64.6 Å². The van der Waals surface area contributed by atoms with Crippen LogP contribution in [0.5, 0.6) is 0 Å². The number of hydrogen-bond donors (Lipinski definition) is 0. The molecule has 27 heavy (non-hydrogen) atoms. The normalized spacial score (nSPS) is 18.0. The van der Waals surface area contributed by atoms with E-state index in [0.29, 0.717) is 11.1 Å². The number of benzene rings is 2. The maximum atomic E-state index is 12.7. The van der Waals surface area contributed by atoms with Crippen molar-refractivity contribution in [2.45, 2.75) is 13.8 Å². The standard InChI is InChI=1S/C18H14I2N2O5/c1-11(23)21-17(25)13-7-3-5-9-15(13)19(21)27-20-16-10-6-4-8-14(16)18(26)22(20)12(2)24/h3-10H,1-2H3. The van der Waals surface area contributed by atoms with E-state index in [9.17, 15) is 19.2 Å². The van der Waals surface area contributed by atoms with Crippen LogP contribution in [0.3, 0.4) is 0 Å². The molecule has 0 radical (unpaired) electrons. The van der Waals surface area contributed by atoms with Gasteiger partial charge in [0.15, 0.2) is 0 Å². The van der Waals surface area contributed by atoms with E-state index in [4.69, 9.17) is 1.40 Å². The summed E-state index contributed by atoms with van der Waals surface area (Å²) in [6.07, 6.45) is 0. The molecule has 4 amide bonds. The van der Waals surface area contributed by atoms with Crippen LogP contribution in [0, 0.1) is 7.14 Å². The summed E-state index contributed by atoms with van der Waals surface area (Å²) in [5.41, 5.74) is 0.920. The van der Waals surface area contributed by atoms with Crippen molar-refractivity contribution in [3.8, 4) is 0 Å². The Morgan fingerprint density at radius 1 is 0.741 bits per heavy atom. The summed E-state index contributed by atoms with van der Waals surface area (Å²) in [7, 11) is 0. The van der Waals surface area contributed by atoms with E-state index in [2.05, 4.69) is 0 Å². The summed E-state index contributed by atoms with van der Waals surface area (Å²) in [5, 5.41) is 0. The van der Waals surface area contributed by atoms with Gasteiger partial charge in [-0.3, -0.25) is 0 Å². The van der Waals surface area contributed by atoms with E-state index in [1.54, 1.807) is 48.5 Å². The van der Waals surface area contributed by atoms with Crippen LogP contribution < -0.4 is 0 Å². The Hall–Kier alpha value is -1.86. The number of hydrogen-bond acceptors (Lipinski definition) is 5. The molecule has 2 aromatic rings. The molecular weight excluding hydrogens is 578 g/mol. The number of imide groups is 2. The molecule has 0 aliphatic carbocycles. The van der Waals surface area contributed by atoms with Gasteiger partial charge in [0.1, 0.15) is 0 Å². The van der Waals surface area contributed by atoms with E-state index in [1.165, 1.54) is 20.1 Å². The second-order valence-electron chi connectivity index (χ2n) is 5.69. The summed E-state index contributed by atoms with van der Waals surface area (Å²) in [6.45, 7) is 2.66. The van der Waals surface area contributed by atoms with E-state index in [0.717, 1.165) is 7.14 Å². The van der Waals surface area contributed by atoms with Crippen molar-refractivity contribution < 1.29 is 20.6 Å². The predicted molar refractivity (Wildman–Crippen MR) is 113 cm³/mol. The number of carbonyl (C=O) groups excluding carboxylic acids is 4. The maximum absolute atomic E-state index is 12.7. The first kappa shape index (κ1) is 18.5. The third kappa shape index (κ3) is 2.88. The summed E-state index contributed by atoms with van der Waals surface area (Å²) < 4.78 is 10.2. The van der Waals surface area contributed by atoms with E-state index in [1.807, 2.05) is 0 Å². The minimum atomic E-state index is -2.89. The van der Waals surface area contributed by atoms with E-state index < -0.39 is 41.0 Å². The molecule has 4 rings (SSSR count). The van der Waals surface area contributed by atoms with Gasteiger partial charge in [0.2, 0.25) is 0 Å². The Bertz CT molecular complexity index is 929. The van der Waals surface area contributed by atoms with Gasteiger partial charge in [-0.2, -0.15) is 0 Å². The fourth-order valence-corrected chi connectivity index (χ4v) is 16.6. The quantitative estimate of drug-likeness (QED) is 0.395. The van der Waals surface area contributed by atoms with Gasteiger partial charge >= 0.3 is 172 Å². The Balaban J connectivity index is 1.80. The first-order chi connectivity index (χ1) is 12.9. The molecule has 0 fully saturated rings. The fraction of sp³-hybridized carbons (Fsp3) is 0.111. The minimum absolute atomic E-state index is 0.368. The summed E-state index contributed by atoms with van der Waals surface area (Å²) in [6, 6.07) is 14.0. The Morgan fingerprint density at radius 3 is 1.48 bits per heavy atom.